The molecule has 0 aliphatic carbocycles. The number of likely N-dealkylation sites (N-methyl/N-ethyl adjacent to an activating group) is 1. The molecule has 0 saturated heterocycles. The first-order chi connectivity index (χ1) is 9.37. The molecule has 124 valence electrons. The van der Waals surface area contributed by atoms with E-state index in [9.17, 15) is 4.79 Å². The molecule has 8 nitrogen and oxygen atoms in total. The van der Waals surface area contributed by atoms with Crippen LogP contribution in [0.5, 0.6) is 0 Å². The van der Waals surface area contributed by atoms with Crippen molar-refractivity contribution in [2.24, 2.45) is 5.73 Å². The van der Waals surface area contributed by atoms with Gasteiger partial charge in [0.05, 0.1) is 12.9 Å². The summed E-state index contributed by atoms with van der Waals surface area (Å²) in [6.07, 6.45) is 2.98. The van der Waals surface area contributed by atoms with Crippen molar-refractivity contribution >= 4 is 47.7 Å². The monoisotopic (exact) mass is 349 g/mol. The average molecular weight is 350 g/mol. The van der Waals surface area contributed by atoms with E-state index in [1.54, 1.807) is 18.3 Å². The van der Waals surface area contributed by atoms with Crippen LogP contribution in [0.2, 0.25) is 0 Å². The van der Waals surface area contributed by atoms with Crippen molar-refractivity contribution in [2.45, 2.75) is 19.4 Å². The van der Waals surface area contributed by atoms with Gasteiger partial charge in [0, 0.05) is 19.1 Å². The lowest BCUT2D eigenvalue weighted by Crippen LogP contribution is -2.47. The van der Waals surface area contributed by atoms with E-state index < -0.39 is 5.54 Å². The Morgan fingerprint density at radius 1 is 1.36 bits per heavy atom. The van der Waals surface area contributed by atoms with Crippen LogP contribution in [0, 0.1) is 0 Å². The molecule has 0 aromatic carbocycles. The van der Waals surface area contributed by atoms with E-state index in [-0.39, 0.29) is 37.3 Å². The second-order valence-electron chi connectivity index (χ2n) is 5.42. The number of H-pyrrole nitrogens is 1. The number of imidazole rings is 1. The third kappa shape index (κ3) is 5.28. The number of carbonyl (C=O) groups excluding carboxylic acids is 1. The van der Waals surface area contributed by atoms with Crippen molar-refractivity contribution in [3.05, 3.63) is 12.7 Å². The largest absolute Gasteiger partial charge is 0.353 e. The highest BCUT2D eigenvalue weighted by Gasteiger charge is 2.16. The van der Waals surface area contributed by atoms with Crippen LogP contribution in [-0.2, 0) is 4.79 Å². The van der Waals surface area contributed by atoms with Crippen molar-refractivity contribution in [3.63, 3.8) is 0 Å². The predicted molar refractivity (Wildman–Crippen MR) is 90.7 cm³/mol. The molecule has 2 heterocycles. The van der Waals surface area contributed by atoms with Gasteiger partial charge in [0.15, 0.2) is 11.5 Å². The number of amides is 1. The van der Waals surface area contributed by atoms with Crippen molar-refractivity contribution in [1.82, 2.24) is 25.3 Å². The zero-order valence-corrected chi connectivity index (χ0v) is 14.3. The first kappa shape index (κ1) is 20.4. The van der Waals surface area contributed by atoms with E-state index in [0.29, 0.717) is 23.5 Å². The van der Waals surface area contributed by atoms with Crippen LogP contribution in [0.3, 0.4) is 0 Å². The van der Waals surface area contributed by atoms with Crippen LogP contribution in [0.15, 0.2) is 12.7 Å². The van der Waals surface area contributed by atoms with Crippen molar-refractivity contribution < 1.29 is 4.79 Å². The number of hydrogen-bond acceptors (Lipinski definition) is 6. The van der Waals surface area contributed by atoms with Gasteiger partial charge in [-0.15, -0.1) is 24.8 Å². The molecule has 0 bridgehead atoms. The molecule has 2 rings (SSSR count). The number of nitrogens with zero attached hydrogens (tertiary/aromatic N) is 4. The molecule has 0 aliphatic heterocycles. The Morgan fingerprint density at radius 2 is 2.05 bits per heavy atom. The summed E-state index contributed by atoms with van der Waals surface area (Å²) in [6.45, 7) is 4.31. The summed E-state index contributed by atoms with van der Waals surface area (Å²) in [5.74, 6) is 0.520. The van der Waals surface area contributed by atoms with E-state index in [1.807, 2.05) is 13.8 Å². The molecule has 10 heteroatoms. The third-order valence-corrected chi connectivity index (χ3v) is 2.69. The summed E-state index contributed by atoms with van der Waals surface area (Å²) in [6, 6.07) is 0. The summed E-state index contributed by atoms with van der Waals surface area (Å²) in [5.41, 5.74) is 6.68. The van der Waals surface area contributed by atoms with E-state index >= 15 is 0 Å². The number of rotatable bonds is 5. The Kier molecular flexibility index (Phi) is 7.51. The Labute approximate surface area is 141 Å². The summed E-state index contributed by atoms with van der Waals surface area (Å²) in [5, 5.41) is 2.79. The summed E-state index contributed by atoms with van der Waals surface area (Å²) >= 11 is 0. The number of halogens is 2. The van der Waals surface area contributed by atoms with Crippen LogP contribution < -0.4 is 16.0 Å². The molecule has 0 aliphatic rings. The molecule has 0 spiro atoms. The Bertz CT molecular complexity index is 611. The number of fused-ring (bicyclic) bond motifs is 1. The second-order valence-corrected chi connectivity index (χ2v) is 5.42. The number of nitrogens with two attached hydrogens (primary N) is 1. The Balaban J connectivity index is 0.00000220. The highest BCUT2D eigenvalue weighted by atomic mass is 35.5. The molecular formula is C12H21Cl2N7O. The van der Waals surface area contributed by atoms with E-state index in [4.69, 9.17) is 5.73 Å². The number of aromatic amines is 1. The molecule has 0 radical (unpaired) electrons. The minimum absolute atomic E-state index is 0. The lowest BCUT2D eigenvalue weighted by atomic mass is 10.1. The minimum Gasteiger partial charge on any atom is -0.353 e. The molecule has 0 fully saturated rings. The van der Waals surface area contributed by atoms with E-state index in [1.165, 1.54) is 6.33 Å². The summed E-state index contributed by atoms with van der Waals surface area (Å²) < 4.78 is 0. The zero-order chi connectivity index (χ0) is 14.8. The van der Waals surface area contributed by atoms with Gasteiger partial charge in [0.25, 0.3) is 0 Å². The maximum absolute atomic E-state index is 11.9. The van der Waals surface area contributed by atoms with Gasteiger partial charge >= 0.3 is 0 Å². The van der Waals surface area contributed by atoms with Crippen LogP contribution >= 0.6 is 24.8 Å². The number of anilines is 1. The molecule has 0 saturated carbocycles. The van der Waals surface area contributed by atoms with Crippen LogP contribution in [0.4, 0.5) is 5.82 Å². The lowest BCUT2D eigenvalue weighted by Gasteiger charge is -2.21. The Hall–Kier alpha value is -1.64. The van der Waals surface area contributed by atoms with Gasteiger partial charge < -0.3 is 20.9 Å². The fourth-order valence-corrected chi connectivity index (χ4v) is 1.71. The first-order valence-electron chi connectivity index (χ1n) is 6.27. The van der Waals surface area contributed by atoms with Gasteiger partial charge in [0.2, 0.25) is 5.91 Å². The highest BCUT2D eigenvalue weighted by Crippen LogP contribution is 2.17. The third-order valence-electron chi connectivity index (χ3n) is 2.69. The van der Waals surface area contributed by atoms with Gasteiger partial charge in [-0.2, -0.15) is 0 Å². The number of carbonyl (C=O) groups is 1. The van der Waals surface area contributed by atoms with Gasteiger partial charge in [-0.1, -0.05) is 0 Å². The maximum atomic E-state index is 11.9. The fourth-order valence-electron chi connectivity index (χ4n) is 1.71. The zero-order valence-electron chi connectivity index (χ0n) is 12.7. The molecular weight excluding hydrogens is 329 g/mol. The van der Waals surface area contributed by atoms with Gasteiger partial charge in [-0.25, -0.2) is 15.0 Å². The number of nitrogens with one attached hydrogen (secondary N) is 2. The fraction of sp³-hybridized carbons (Fsp3) is 0.500. The molecule has 2 aromatic heterocycles. The number of aromatic nitrogens is 4. The molecule has 1 amide bonds. The van der Waals surface area contributed by atoms with Crippen LogP contribution in [0.25, 0.3) is 11.2 Å². The first-order valence-corrected chi connectivity index (χ1v) is 6.27. The Morgan fingerprint density at radius 3 is 2.68 bits per heavy atom. The van der Waals surface area contributed by atoms with Crippen molar-refractivity contribution in [2.75, 3.05) is 25.0 Å². The smallest absolute Gasteiger partial charge is 0.239 e. The normalized spacial score (nSPS) is 10.5. The topological polar surface area (TPSA) is 113 Å². The predicted octanol–water partition coefficient (Wildman–Crippen LogP) is 0.486. The molecule has 4 N–H and O–H groups in total. The molecule has 0 atom stereocenters. The number of hydrogen-bond donors (Lipinski definition) is 3. The van der Waals surface area contributed by atoms with Crippen molar-refractivity contribution in [1.29, 1.82) is 0 Å². The highest BCUT2D eigenvalue weighted by molar-refractivity contribution is 5.87. The second kappa shape index (κ2) is 8.11. The lowest BCUT2D eigenvalue weighted by molar-refractivity contribution is -0.119. The molecule has 22 heavy (non-hydrogen) atoms. The summed E-state index contributed by atoms with van der Waals surface area (Å²) in [4.78, 5) is 28.9. The van der Waals surface area contributed by atoms with Gasteiger partial charge in [-0.3, -0.25) is 4.79 Å². The minimum atomic E-state index is -0.431. The van der Waals surface area contributed by atoms with E-state index in [0.717, 1.165) is 0 Å². The van der Waals surface area contributed by atoms with Gasteiger partial charge in [0.1, 0.15) is 11.8 Å². The summed E-state index contributed by atoms with van der Waals surface area (Å²) in [7, 11) is 1.79. The SMILES string of the molecule is CN(CC(=O)NCC(C)(C)N)c1ncnc2nc[nH]c12.Cl.Cl. The standard InChI is InChI=1S/C12H19N7O.2ClH/c1-12(2,13)5-14-8(20)4-19(3)11-9-10(16-6-15-9)17-7-18-11;;/h6-7H,4-5,13H2,1-3H3,(H,14,20)(H,15,16,17,18);2*1H. The quantitative estimate of drug-likeness (QED) is 0.723. The van der Waals surface area contributed by atoms with Crippen molar-refractivity contribution in [3.8, 4) is 0 Å². The van der Waals surface area contributed by atoms with Crippen LogP contribution in [0.1, 0.15) is 13.8 Å². The molecule has 0 unspecified atom stereocenters. The average Bonchev–Trinajstić information content (AvgIpc) is 2.83. The van der Waals surface area contributed by atoms with E-state index in [2.05, 4.69) is 25.3 Å². The maximum Gasteiger partial charge on any atom is 0.239 e. The van der Waals surface area contributed by atoms with Crippen LogP contribution in [-0.4, -0.2) is 51.5 Å². The molecule has 2 aromatic rings. The van der Waals surface area contributed by atoms with Gasteiger partial charge in [-0.05, 0) is 13.8 Å².